The van der Waals surface area contributed by atoms with Crippen LogP contribution < -0.4 is 10.1 Å². The van der Waals surface area contributed by atoms with Crippen LogP contribution >= 0.6 is 11.3 Å². The molecular formula is C27H28FN3O2S. The molecule has 34 heavy (non-hydrogen) atoms. The number of thiophene rings is 1. The zero-order valence-corrected chi connectivity index (χ0v) is 20.2. The van der Waals surface area contributed by atoms with Crippen LogP contribution in [-0.4, -0.2) is 28.9 Å². The van der Waals surface area contributed by atoms with E-state index in [1.165, 1.54) is 10.9 Å². The Morgan fingerprint density at radius 3 is 2.59 bits per heavy atom. The Kier molecular flexibility index (Phi) is 7.87. The summed E-state index contributed by atoms with van der Waals surface area (Å²) in [5.41, 5.74) is 2.33. The minimum Gasteiger partial charge on any atom is -0.453 e. The van der Waals surface area contributed by atoms with Crippen molar-refractivity contribution >= 4 is 33.1 Å². The van der Waals surface area contributed by atoms with Crippen molar-refractivity contribution in [3.8, 4) is 11.5 Å². The van der Waals surface area contributed by atoms with Gasteiger partial charge >= 0.3 is 0 Å². The molecule has 4 aromatic rings. The number of hydrogen-bond acceptors (Lipinski definition) is 5. The lowest BCUT2D eigenvalue weighted by Gasteiger charge is -2.16. The molecule has 1 N–H and O–H groups in total. The number of pyridine rings is 1. The molecule has 5 nitrogen and oxygen atoms in total. The smallest absolute Gasteiger partial charge is 0.224 e. The molecule has 1 amide bonds. The maximum atomic E-state index is 14.8. The molecule has 2 aromatic heterocycles. The van der Waals surface area contributed by atoms with Crippen LogP contribution in [0.3, 0.4) is 0 Å². The van der Waals surface area contributed by atoms with Gasteiger partial charge in [-0.25, -0.2) is 4.39 Å². The summed E-state index contributed by atoms with van der Waals surface area (Å²) in [5, 5.41) is 2.76. The van der Waals surface area contributed by atoms with Crippen LogP contribution in [0.4, 0.5) is 10.1 Å². The Labute approximate surface area is 203 Å². The number of ether oxygens (including phenoxy) is 1. The van der Waals surface area contributed by atoms with Crippen LogP contribution in [0.1, 0.15) is 30.7 Å². The minimum atomic E-state index is -0.536. The molecule has 7 heteroatoms. The molecule has 0 aliphatic rings. The van der Waals surface area contributed by atoms with Gasteiger partial charge in [-0.2, -0.15) is 0 Å². The summed E-state index contributed by atoms with van der Waals surface area (Å²) in [7, 11) is 0. The molecule has 0 spiro atoms. The van der Waals surface area contributed by atoms with Crippen molar-refractivity contribution in [3.63, 3.8) is 0 Å². The van der Waals surface area contributed by atoms with Gasteiger partial charge < -0.3 is 10.1 Å². The number of halogens is 1. The predicted octanol–water partition coefficient (Wildman–Crippen LogP) is 6.64. The van der Waals surface area contributed by atoms with Gasteiger partial charge in [0.05, 0.1) is 10.2 Å². The molecule has 176 valence electrons. The number of aryl methyl sites for hydroxylation is 1. The number of anilines is 1. The Bertz CT molecular complexity index is 1260. The maximum Gasteiger partial charge on any atom is 0.224 e. The van der Waals surface area contributed by atoms with Crippen LogP contribution in [0.2, 0.25) is 0 Å². The first-order valence-corrected chi connectivity index (χ1v) is 12.3. The van der Waals surface area contributed by atoms with E-state index >= 15 is 0 Å². The van der Waals surface area contributed by atoms with E-state index in [0.29, 0.717) is 24.3 Å². The van der Waals surface area contributed by atoms with Crippen molar-refractivity contribution in [3.05, 3.63) is 83.1 Å². The van der Waals surface area contributed by atoms with Crippen molar-refractivity contribution < 1.29 is 13.9 Å². The van der Waals surface area contributed by atoms with E-state index in [2.05, 4.69) is 35.1 Å². The summed E-state index contributed by atoms with van der Waals surface area (Å²) >= 11 is 1.61. The second-order valence-electron chi connectivity index (χ2n) is 7.98. The lowest BCUT2D eigenvalue weighted by molar-refractivity contribution is -0.116. The molecule has 0 atom stereocenters. The minimum absolute atomic E-state index is 0.105. The number of aromatic nitrogens is 1. The third-order valence-electron chi connectivity index (χ3n) is 5.62. The number of amides is 1. The second-order valence-corrected chi connectivity index (χ2v) is 9.12. The van der Waals surface area contributed by atoms with Gasteiger partial charge in [0, 0.05) is 41.9 Å². The standard InChI is InChI=1S/C27H28FN3O2S/c1-3-31(4-2)18-21-17-23-27(34-21)25(14-15-29-23)33-24-12-11-20(16-22(24)28)30-26(32)13-10-19-8-6-5-7-9-19/h5-9,11-12,14-17H,3-4,10,13,18H2,1-2H3,(H,30,32). The van der Waals surface area contributed by atoms with Crippen LogP contribution in [0, 0.1) is 5.82 Å². The van der Waals surface area contributed by atoms with Gasteiger partial charge in [-0.15, -0.1) is 11.3 Å². The van der Waals surface area contributed by atoms with Crippen LogP contribution in [0.15, 0.2) is 66.9 Å². The van der Waals surface area contributed by atoms with Crippen molar-refractivity contribution in [2.45, 2.75) is 33.2 Å². The molecule has 0 saturated carbocycles. The molecule has 0 unspecified atom stereocenters. The van der Waals surface area contributed by atoms with Gasteiger partial charge in [0.25, 0.3) is 0 Å². The summed E-state index contributed by atoms with van der Waals surface area (Å²) in [5.74, 6) is -0.0226. The number of fused-ring (bicyclic) bond motifs is 1. The first-order chi connectivity index (χ1) is 16.6. The van der Waals surface area contributed by atoms with Crippen molar-refractivity contribution in [1.29, 1.82) is 0 Å². The molecule has 0 saturated heterocycles. The first-order valence-electron chi connectivity index (χ1n) is 11.5. The van der Waals surface area contributed by atoms with E-state index in [0.717, 1.165) is 35.4 Å². The highest BCUT2D eigenvalue weighted by atomic mass is 32.1. The Morgan fingerprint density at radius 1 is 1.06 bits per heavy atom. The van der Waals surface area contributed by atoms with Crippen LogP contribution in [-0.2, 0) is 17.8 Å². The lowest BCUT2D eigenvalue weighted by Crippen LogP contribution is -2.21. The first kappa shape index (κ1) is 23.9. The molecule has 4 rings (SSSR count). The van der Waals surface area contributed by atoms with E-state index in [1.807, 2.05) is 30.3 Å². The normalized spacial score (nSPS) is 11.2. The Balaban J connectivity index is 1.43. The fourth-order valence-corrected chi connectivity index (χ4v) is 4.80. The van der Waals surface area contributed by atoms with Gasteiger partial charge in [-0.1, -0.05) is 44.2 Å². The third-order valence-corrected chi connectivity index (χ3v) is 6.74. The largest absolute Gasteiger partial charge is 0.453 e. The highest BCUT2D eigenvalue weighted by Gasteiger charge is 2.14. The van der Waals surface area contributed by atoms with E-state index in [1.54, 1.807) is 35.7 Å². The molecule has 2 heterocycles. The molecule has 0 fully saturated rings. The van der Waals surface area contributed by atoms with Crippen LogP contribution in [0.5, 0.6) is 11.5 Å². The SMILES string of the molecule is CCN(CC)Cc1cc2nccc(Oc3ccc(NC(=O)CCc4ccccc4)cc3F)c2s1. The highest BCUT2D eigenvalue weighted by Crippen LogP contribution is 2.36. The average Bonchev–Trinajstić information content (AvgIpc) is 3.27. The number of benzene rings is 2. The summed E-state index contributed by atoms with van der Waals surface area (Å²) in [4.78, 5) is 20.2. The monoisotopic (exact) mass is 477 g/mol. The van der Waals surface area contributed by atoms with E-state index in [-0.39, 0.29) is 11.7 Å². The lowest BCUT2D eigenvalue weighted by atomic mass is 10.1. The van der Waals surface area contributed by atoms with Crippen molar-refractivity contribution in [2.75, 3.05) is 18.4 Å². The molecular weight excluding hydrogens is 449 g/mol. The van der Waals surface area contributed by atoms with Gasteiger partial charge in [-0.3, -0.25) is 14.7 Å². The molecule has 0 radical (unpaired) electrons. The molecule has 0 bridgehead atoms. The number of nitrogens with one attached hydrogen (secondary N) is 1. The summed E-state index contributed by atoms with van der Waals surface area (Å²) < 4.78 is 21.6. The zero-order chi connectivity index (χ0) is 23.9. The number of rotatable bonds is 10. The number of carbonyl (C=O) groups is 1. The predicted molar refractivity (Wildman–Crippen MR) is 136 cm³/mol. The van der Waals surface area contributed by atoms with Gasteiger partial charge in [0.15, 0.2) is 11.6 Å². The number of hydrogen-bond donors (Lipinski definition) is 1. The quantitative estimate of drug-likeness (QED) is 0.278. The molecule has 0 aliphatic carbocycles. The second kappa shape index (κ2) is 11.2. The topological polar surface area (TPSA) is 54.5 Å². The highest BCUT2D eigenvalue weighted by molar-refractivity contribution is 7.19. The zero-order valence-electron chi connectivity index (χ0n) is 19.4. The summed E-state index contributed by atoms with van der Waals surface area (Å²) in [6.07, 6.45) is 2.63. The fraction of sp³-hybridized carbons (Fsp3) is 0.259. The molecule has 0 aliphatic heterocycles. The summed E-state index contributed by atoms with van der Waals surface area (Å²) in [6.45, 7) is 7.08. The number of nitrogens with zero attached hydrogens (tertiary/aromatic N) is 2. The van der Waals surface area contributed by atoms with Crippen molar-refractivity contribution in [2.24, 2.45) is 0 Å². The maximum absolute atomic E-state index is 14.8. The third kappa shape index (κ3) is 5.98. The fourth-order valence-electron chi connectivity index (χ4n) is 3.70. The van der Waals surface area contributed by atoms with Gasteiger partial charge in [0.1, 0.15) is 5.75 Å². The van der Waals surface area contributed by atoms with Crippen molar-refractivity contribution in [1.82, 2.24) is 9.88 Å². The Hall–Kier alpha value is -3.29. The van der Waals surface area contributed by atoms with E-state index in [4.69, 9.17) is 4.74 Å². The van der Waals surface area contributed by atoms with Gasteiger partial charge in [0.2, 0.25) is 5.91 Å². The average molecular weight is 478 g/mol. The van der Waals surface area contributed by atoms with Crippen LogP contribution in [0.25, 0.3) is 10.2 Å². The van der Waals surface area contributed by atoms with E-state index in [9.17, 15) is 9.18 Å². The van der Waals surface area contributed by atoms with E-state index < -0.39 is 5.82 Å². The van der Waals surface area contributed by atoms with Gasteiger partial charge in [-0.05, 0) is 43.3 Å². The summed E-state index contributed by atoms with van der Waals surface area (Å²) in [6, 6.07) is 18.1. The number of carbonyl (C=O) groups excluding carboxylic acids is 1. The molecule has 2 aromatic carbocycles. The Morgan fingerprint density at radius 2 is 1.85 bits per heavy atom.